The van der Waals surface area contributed by atoms with Crippen molar-refractivity contribution in [2.75, 3.05) is 0 Å². The smallest absolute Gasteiger partial charge is 0.326 e. The van der Waals surface area contributed by atoms with Crippen LogP contribution in [0.15, 0.2) is 72.8 Å². The van der Waals surface area contributed by atoms with Crippen molar-refractivity contribution in [1.82, 2.24) is 31.9 Å². The van der Waals surface area contributed by atoms with E-state index >= 15 is 0 Å². The van der Waals surface area contributed by atoms with Gasteiger partial charge in [0.25, 0.3) is 5.91 Å². The second-order valence-corrected chi connectivity index (χ2v) is 16.9. The van der Waals surface area contributed by atoms with Gasteiger partial charge in [0.05, 0.1) is 18.6 Å². The van der Waals surface area contributed by atoms with Crippen LogP contribution in [0.25, 0.3) is 10.8 Å². The van der Waals surface area contributed by atoms with Gasteiger partial charge in [-0.2, -0.15) is 0 Å². The zero-order valence-electron chi connectivity index (χ0n) is 36.8. The molecule has 0 saturated heterocycles. The predicted molar refractivity (Wildman–Crippen MR) is 235 cm³/mol. The minimum Gasteiger partial charge on any atom is -0.481 e. The fourth-order valence-corrected chi connectivity index (χ4v) is 6.80. The Morgan fingerprint density at radius 3 is 1.75 bits per heavy atom. The third kappa shape index (κ3) is 16.5. The lowest BCUT2D eigenvalue weighted by atomic mass is 9.95. The van der Waals surface area contributed by atoms with Gasteiger partial charge in [-0.3, -0.25) is 33.6 Å². The van der Waals surface area contributed by atoms with Gasteiger partial charge in [0.2, 0.25) is 29.5 Å². The van der Waals surface area contributed by atoms with Crippen molar-refractivity contribution >= 4 is 58.2 Å². The Hall–Kier alpha value is -6.36. The molecule has 0 aliphatic carbocycles. The molecule has 63 heavy (non-hydrogen) atoms. The number of carboxylic acid groups (broad SMARTS) is 2. The highest BCUT2D eigenvalue weighted by molar-refractivity contribution is 5.99. The first-order valence-electron chi connectivity index (χ1n) is 21.1. The first-order chi connectivity index (χ1) is 29.7. The third-order valence-electron chi connectivity index (χ3n) is 10.4. The van der Waals surface area contributed by atoms with Crippen molar-refractivity contribution in [3.63, 3.8) is 0 Å². The molecule has 0 aliphatic heterocycles. The van der Waals surface area contributed by atoms with Gasteiger partial charge in [-0.15, -0.1) is 0 Å². The van der Waals surface area contributed by atoms with Crippen LogP contribution in [0.5, 0.6) is 0 Å². The molecule has 0 unspecified atom stereocenters. The Labute approximate surface area is 367 Å². The fraction of sp³-hybridized carbons (Fsp3) is 0.478. The first kappa shape index (κ1) is 51.0. The Bertz CT molecular complexity index is 2080. The van der Waals surface area contributed by atoms with Crippen LogP contribution in [-0.4, -0.2) is 105 Å². The number of hydrogen-bond acceptors (Lipinski definition) is 9. The second kappa shape index (κ2) is 24.3. The Kier molecular flexibility index (Phi) is 19.7. The molecule has 3 aromatic rings. The molecule has 0 heterocycles. The lowest BCUT2D eigenvalue weighted by Gasteiger charge is -2.29. The van der Waals surface area contributed by atoms with E-state index in [1.165, 1.54) is 6.92 Å². The summed E-state index contributed by atoms with van der Waals surface area (Å²) in [6.07, 6.45) is -2.39. The van der Waals surface area contributed by atoms with Gasteiger partial charge >= 0.3 is 11.9 Å². The van der Waals surface area contributed by atoms with E-state index in [2.05, 4.69) is 31.9 Å². The molecule has 3 aromatic carbocycles. The van der Waals surface area contributed by atoms with Crippen molar-refractivity contribution in [2.24, 2.45) is 17.8 Å². The number of carboxylic acids is 2. The van der Waals surface area contributed by atoms with E-state index in [1.807, 2.05) is 44.2 Å². The molecule has 0 aromatic heterocycles. The number of carbonyl (C=O) groups excluding carboxylic acids is 6. The van der Waals surface area contributed by atoms with Crippen LogP contribution in [-0.2, 0) is 40.0 Å². The average Bonchev–Trinajstić information content (AvgIpc) is 3.22. The number of amides is 6. The third-order valence-corrected chi connectivity index (χ3v) is 10.4. The Morgan fingerprint density at radius 1 is 0.587 bits per heavy atom. The summed E-state index contributed by atoms with van der Waals surface area (Å²) in [7, 11) is 0. The molecular formula is C46H62N6O11. The highest BCUT2D eigenvalue weighted by Crippen LogP contribution is 2.18. The molecule has 7 atom stereocenters. The molecule has 342 valence electrons. The van der Waals surface area contributed by atoms with E-state index in [0.717, 1.165) is 10.8 Å². The summed E-state index contributed by atoms with van der Waals surface area (Å²) in [5.41, 5.74) is 1.01. The molecule has 0 spiro atoms. The number of carbonyl (C=O) groups is 8. The van der Waals surface area contributed by atoms with E-state index in [4.69, 9.17) is 0 Å². The summed E-state index contributed by atoms with van der Waals surface area (Å²) >= 11 is 0. The number of aliphatic hydroxyl groups excluding tert-OH is 1. The molecule has 0 aliphatic rings. The van der Waals surface area contributed by atoms with Crippen molar-refractivity contribution in [3.05, 3.63) is 83.9 Å². The van der Waals surface area contributed by atoms with Gasteiger partial charge in [-0.1, -0.05) is 102 Å². The number of aliphatic carboxylic acids is 2. The fourth-order valence-electron chi connectivity index (χ4n) is 6.80. The predicted octanol–water partition coefficient (Wildman–Crippen LogP) is 2.68. The van der Waals surface area contributed by atoms with Crippen molar-refractivity contribution in [1.29, 1.82) is 0 Å². The highest BCUT2D eigenvalue weighted by atomic mass is 16.4. The minimum atomic E-state index is -1.47. The van der Waals surface area contributed by atoms with Gasteiger partial charge in [-0.05, 0) is 66.0 Å². The summed E-state index contributed by atoms with van der Waals surface area (Å²) in [5, 5.41) is 47.5. The number of hydrogen-bond donors (Lipinski definition) is 9. The highest BCUT2D eigenvalue weighted by Gasteiger charge is 2.34. The summed E-state index contributed by atoms with van der Waals surface area (Å²) in [4.78, 5) is 104. The summed E-state index contributed by atoms with van der Waals surface area (Å²) in [5.74, 6) is -7.95. The molecule has 0 saturated carbocycles. The van der Waals surface area contributed by atoms with E-state index < -0.39 is 114 Å². The molecular weight excluding hydrogens is 813 g/mol. The monoisotopic (exact) mass is 874 g/mol. The van der Waals surface area contributed by atoms with Crippen LogP contribution in [0.4, 0.5) is 0 Å². The lowest BCUT2D eigenvalue weighted by molar-refractivity contribution is -0.143. The second-order valence-electron chi connectivity index (χ2n) is 16.9. The van der Waals surface area contributed by atoms with E-state index in [1.54, 1.807) is 70.2 Å². The average molecular weight is 875 g/mol. The van der Waals surface area contributed by atoms with Gasteiger partial charge in [0.15, 0.2) is 0 Å². The lowest BCUT2D eigenvalue weighted by Crippen LogP contribution is -2.60. The van der Waals surface area contributed by atoms with Gasteiger partial charge in [0, 0.05) is 18.4 Å². The van der Waals surface area contributed by atoms with Gasteiger partial charge in [-0.25, -0.2) is 4.79 Å². The zero-order chi connectivity index (χ0) is 47.0. The quantitative estimate of drug-likeness (QED) is 0.0632. The van der Waals surface area contributed by atoms with Crippen LogP contribution in [0.1, 0.15) is 90.1 Å². The maximum absolute atomic E-state index is 13.7. The number of fused-ring (bicyclic) bond motifs is 1. The van der Waals surface area contributed by atoms with Gasteiger partial charge < -0.3 is 47.2 Å². The van der Waals surface area contributed by atoms with Crippen molar-refractivity contribution < 1.29 is 53.7 Å². The van der Waals surface area contributed by atoms with Crippen LogP contribution in [0.2, 0.25) is 0 Å². The maximum Gasteiger partial charge on any atom is 0.326 e. The van der Waals surface area contributed by atoms with E-state index in [9.17, 15) is 53.7 Å². The normalized spacial score (nSPS) is 14.7. The summed E-state index contributed by atoms with van der Waals surface area (Å²) < 4.78 is 0. The molecule has 17 nitrogen and oxygen atoms in total. The molecule has 3 rings (SSSR count). The SMILES string of the molecule is CC(C)C[C@H](NC(=O)c1ccc2ccccc2c1)[C@@H](O)CC(=O)N[C@H](C(=O)N[C@H](C(=O)N[C@@H](C)C(=O)N[C@@H](CCC(=O)O)C(=O)N[C@@H](Cc1ccccc1)C(=O)O)C(C)C)C(C)C. The van der Waals surface area contributed by atoms with Crippen LogP contribution < -0.4 is 31.9 Å². The largest absolute Gasteiger partial charge is 0.481 e. The number of aliphatic hydroxyl groups is 1. The topological polar surface area (TPSA) is 269 Å². The summed E-state index contributed by atoms with van der Waals surface area (Å²) in [6, 6.07) is 14.0. The molecule has 9 N–H and O–H groups in total. The molecule has 6 amide bonds. The van der Waals surface area contributed by atoms with Crippen LogP contribution in [0.3, 0.4) is 0 Å². The Balaban J connectivity index is 1.65. The molecule has 0 bridgehead atoms. The molecule has 17 heteroatoms. The van der Waals surface area contributed by atoms with E-state index in [0.29, 0.717) is 17.5 Å². The minimum absolute atomic E-state index is 0.0475. The number of rotatable bonds is 24. The van der Waals surface area contributed by atoms with Crippen molar-refractivity contribution in [2.45, 2.75) is 123 Å². The van der Waals surface area contributed by atoms with Gasteiger partial charge in [0.1, 0.15) is 30.2 Å². The van der Waals surface area contributed by atoms with Crippen LogP contribution in [0, 0.1) is 17.8 Å². The number of benzene rings is 3. The van der Waals surface area contributed by atoms with Crippen LogP contribution >= 0.6 is 0 Å². The first-order valence-corrected chi connectivity index (χ1v) is 21.1. The van der Waals surface area contributed by atoms with E-state index in [-0.39, 0.29) is 18.8 Å². The number of nitrogens with one attached hydrogen (secondary N) is 6. The van der Waals surface area contributed by atoms with Crippen molar-refractivity contribution in [3.8, 4) is 0 Å². The molecule has 0 radical (unpaired) electrons. The maximum atomic E-state index is 13.7. The molecule has 0 fully saturated rings. The zero-order valence-corrected chi connectivity index (χ0v) is 36.8. The standard InChI is InChI=1S/C46H62N6O11/c1-25(2)21-34(49-42(58)32-18-17-30-15-11-12-16-31(30)23-32)36(53)24-37(54)51-39(26(3)4)45(61)52-40(27(5)6)44(60)47-28(7)41(57)48-33(19-20-38(55)56)43(59)50-35(46(62)63)22-29-13-9-8-10-14-29/h8-18,23,25-28,33-36,39-40,53H,19-22,24H2,1-7H3,(H,47,60)(H,48,57)(H,49,58)(H,50,59)(H,51,54)(H,52,61)(H,55,56)(H,62,63)/t28-,33-,34-,35-,36-,39-,40-/m0/s1. The summed E-state index contributed by atoms with van der Waals surface area (Å²) in [6.45, 7) is 11.8. The Morgan fingerprint density at radius 2 is 1.16 bits per heavy atom.